The SMILES string of the molecule is COCCCOc1cnc(/C(N)=N/O)cn1. The van der Waals surface area contributed by atoms with Crippen molar-refractivity contribution in [3.8, 4) is 5.88 Å². The van der Waals surface area contributed by atoms with Gasteiger partial charge in [0.15, 0.2) is 5.84 Å². The number of hydrogen-bond acceptors (Lipinski definition) is 6. The standard InChI is InChI=1S/C9H14N4O3/c1-15-3-2-4-16-8-6-11-7(5-12-8)9(10)13-14/h5-6,14H,2-4H2,1H3,(H2,10,13). The normalized spacial score (nSPS) is 11.4. The van der Waals surface area contributed by atoms with E-state index in [0.717, 1.165) is 6.42 Å². The van der Waals surface area contributed by atoms with E-state index in [2.05, 4.69) is 15.1 Å². The minimum absolute atomic E-state index is 0.0848. The monoisotopic (exact) mass is 226 g/mol. The molecule has 0 aliphatic carbocycles. The molecule has 3 N–H and O–H groups in total. The molecule has 7 nitrogen and oxygen atoms in total. The third kappa shape index (κ3) is 3.70. The highest BCUT2D eigenvalue weighted by Crippen LogP contribution is 2.04. The lowest BCUT2D eigenvalue weighted by Crippen LogP contribution is -2.15. The summed E-state index contributed by atoms with van der Waals surface area (Å²) in [5, 5.41) is 11.2. The van der Waals surface area contributed by atoms with Crippen molar-refractivity contribution in [3.05, 3.63) is 18.1 Å². The lowest BCUT2D eigenvalue weighted by molar-refractivity contribution is 0.170. The van der Waals surface area contributed by atoms with E-state index in [4.69, 9.17) is 20.4 Å². The van der Waals surface area contributed by atoms with Gasteiger partial charge in [0.05, 0.1) is 19.0 Å². The molecule has 0 bridgehead atoms. The maximum absolute atomic E-state index is 8.41. The van der Waals surface area contributed by atoms with Gasteiger partial charge in [0, 0.05) is 20.1 Å². The van der Waals surface area contributed by atoms with Gasteiger partial charge in [-0.3, -0.25) is 0 Å². The first-order valence-electron chi connectivity index (χ1n) is 4.69. The Morgan fingerprint density at radius 2 is 2.25 bits per heavy atom. The predicted molar refractivity (Wildman–Crippen MR) is 56.5 cm³/mol. The zero-order valence-corrected chi connectivity index (χ0v) is 8.96. The van der Waals surface area contributed by atoms with Crippen LogP contribution < -0.4 is 10.5 Å². The molecule has 0 unspecified atom stereocenters. The van der Waals surface area contributed by atoms with E-state index in [1.54, 1.807) is 7.11 Å². The molecule has 0 aliphatic rings. The first kappa shape index (κ1) is 12.2. The maximum atomic E-state index is 8.41. The van der Waals surface area contributed by atoms with Gasteiger partial charge in [0.1, 0.15) is 5.69 Å². The largest absolute Gasteiger partial charge is 0.476 e. The van der Waals surface area contributed by atoms with E-state index >= 15 is 0 Å². The second kappa shape index (κ2) is 6.57. The van der Waals surface area contributed by atoms with Gasteiger partial charge in [-0.15, -0.1) is 0 Å². The number of rotatable bonds is 6. The van der Waals surface area contributed by atoms with E-state index < -0.39 is 0 Å². The highest BCUT2D eigenvalue weighted by molar-refractivity contribution is 5.94. The first-order valence-corrected chi connectivity index (χ1v) is 4.69. The molecule has 88 valence electrons. The van der Waals surface area contributed by atoms with Crippen molar-refractivity contribution < 1.29 is 14.7 Å². The van der Waals surface area contributed by atoms with Crippen molar-refractivity contribution in [2.24, 2.45) is 10.9 Å². The summed E-state index contributed by atoms with van der Waals surface area (Å²) < 4.78 is 10.1. The summed E-state index contributed by atoms with van der Waals surface area (Å²) >= 11 is 0. The number of oxime groups is 1. The fourth-order valence-electron chi connectivity index (χ4n) is 0.954. The molecule has 0 saturated heterocycles. The van der Waals surface area contributed by atoms with Gasteiger partial charge < -0.3 is 20.4 Å². The first-order chi connectivity index (χ1) is 7.77. The number of nitrogens with two attached hydrogens (primary N) is 1. The summed E-state index contributed by atoms with van der Waals surface area (Å²) in [6.45, 7) is 1.14. The molecule has 1 aromatic heterocycles. The Morgan fingerprint density at radius 1 is 1.44 bits per heavy atom. The van der Waals surface area contributed by atoms with Gasteiger partial charge in [-0.05, 0) is 0 Å². The van der Waals surface area contributed by atoms with Gasteiger partial charge in [0.2, 0.25) is 5.88 Å². The molecule has 7 heteroatoms. The molecule has 0 atom stereocenters. The van der Waals surface area contributed by atoms with Crippen LogP contribution in [0.2, 0.25) is 0 Å². The maximum Gasteiger partial charge on any atom is 0.232 e. The molecule has 1 rings (SSSR count). The summed E-state index contributed by atoms with van der Waals surface area (Å²) in [6, 6.07) is 0. The van der Waals surface area contributed by atoms with Crippen LogP contribution in [0.5, 0.6) is 5.88 Å². The van der Waals surface area contributed by atoms with Crippen molar-refractivity contribution in [1.82, 2.24) is 9.97 Å². The van der Waals surface area contributed by atoms with Gasteiger partial charge in [0.25, 0.3) is 0 Å². The van der Waals surface area contributed by atoms with Crippen LogP contribution in [0.3, 0.4) is 0 Å². The Bertz CT molecular complexity index is 339. The fourth-order valence-corrected chi connectivity index (χ4v) is 0.954. The van der Waals surface area contributed by atoms with Crippen LogP contribution in [-0.4, -0.2) is 41.3 Å². The minimum Gasteiger partial charge on any atom is -0.476 e. The highest BCUT2D eigenvalue weighted by Gasteiger charge is 2.02. The molecular weight excluding hydrogens is 212 g/mol. The lowest BCUT2D eigenvalue weighted by Gasteiger charge is -2.04. The summed E-state index contributed by atoms with van der Waals surface area (Å²) in [5.74, 6) is 0.309. The summed E-state index contributed by atoms with van der Waals surface area (Å²) in [5.41, 5.74) is 5.62. The summed E-state index contributed by atoms with van der Waals surface area (Å²) in [4.78, 5) is 7.86. The number of aromatic nitrogens is 2. The van der Waals surface area contributed by atoms with E-state index in [9.17, 15) is 0 Å². The number of ether oxygens (including phenoxy) is 2. The molecule has 0 radical (unpaired) electrons. The van der Waals surface area contributed by atoms with Crippen molar-refractivity contribution >= 4 is 5.84 Å². The van der Waals surface area contributed by atoms with Crippen LogP contribution in [0.25, 0.3) is 0 Å². The van der Waals surface area contributed by atoms with Crippen molar-refractivity contribution in [3.63, 3.8) is 0 Å². The minimum atomic E-state index is -0.0848. The molecule has 0 fully saturated rings. The Labute approximate surface area is 92.9 Å². The van der Waals surface area contributed by atoms with Crippen molar-refractivity contribution in [2.75, 3.05) is 20.3 Å². The van der Waals surface area contributed by atoms with Gasteiger partial charge in [-0.2, -0.15) is 0 Å². The van der Waals surface area contributed by atoms with Gasteiger partial charge >= 0.3 is 0 Å². The average Bonchev–Trinajstić information content (AvgIpc) is 2.34. The van der Waals surface area contributed by atoms with Crippen LogP contribution in [0.4, 0.5) is 0 Å². The highest BCUT2D eigenvalue weighted by atomic mass is 16.5. The van der Waals surface area contributed by atoms with Crippen LogP contribution in [-0.2, 0) is 4.74 Å². The number of amidine groups is 1. The van der Waals surface area contributed by atoms with Gasteiger partial charge in [-0.1, -0.05) is 5.16 Å². The molecule has 0 aliphatic heterocycles. The number of hydrogen-bond donors (Lipinski definition) is 2. The predicted octanol–water partition coefficient (Wildman–Crippen LogP) is -0.0136. The molecule has 1 heterocycles. The van der Waals surface area contributed by atoms with E-state index in [0.29, 0.717) is 24.8 Å². The topological polar surface area (TPSA) is 103 Å². The molecule has 0 aromatic carbocycles. The zero-order valence-electron chi connectivity index (χ0n) is 8.96. The van der Waals surface area contributed by atoms with Crippen LogP contribution >= 0.6 is 0 Å². The van der Waals surface area contributed by atoms with Crippen LogP contribution in [0.1, 0.15) is 12.1 Å². The Morgan fingerprint density at radius 3 is 2.81 bits per heavy atom. The third-order valence-corrected chi connectivity index (χ3v) is 1.74. The van der Waals surface area contributed by atoms with E-state index in [1.807, 2.05) is 0 Å². The molecule has 16 heavy (non-hydrogen) atoms. The molecule has 0 saturated carbocycles. The molecule has 1 aromatic rings. The summed E-state index contributed by atoms with van der Waals surface area (Å²) in [7, 11) is 1.63. The van der Waals surface area contributed by atoms with Crippen LogP contribution in [0.15, 0.2) is 17.5 Å². The molecular formula is C9H14N4O3. The van der Waals surface area contributed by atoms with Gasteiger partial charge in [-0.25, -0.2) is 9.97 Å². The second-order valence-electron chi connectivity index (χ2n) is 2.92. The lowest BCUT2D eigenvalue weighted by atomic mass is 10.4. The molecule has 0 spiro atoms. The number of methoxy groups -OCH3 is 1. The van der Waals surface area contributed by atoms with Crippen LogP contribution in [0, 0.1) is 0 Å². The van der Waals surface area contributed by atoms with E-state index in [-0.39, 0.29) is 5.84 Å². The summed E-state index contributed by atoms with van der Waals surface area (Å²) in [6.07, 6.45) is 3.57. The Kier molecular flexibility index (Phi) is 5.00. The Hall–Kier alpha value is -1.89. The third-order valence-electron chi connectivity index (χ3n) is 1.74. The zero-order chi connectivity index (χ0) is 11.8. The smallest absolute Gasteiger partial charge is 0.232 e. The van der Waals surface area contributed by atoms with Crippen molar-refractivity contribution in [1.29, 1.82) is 0 Å². The average molecular weight is 226 g/mol. The second-order valence-corrected chi connectivity index (χ2v) is 2.92. The fraction of sp³-hybridized carbons (Fsp3) is 0.444. The molecule has 0 amide bonds. The quantitative estimate of drug-likeness (QED) is 0.232. The number of nitrogens with zero attached hydrogens (tertiary/aromatic N) is 3. The van der Waals surface area contributed by atoms with E-state index in [1.165, 1.54) is 12.4 Å². The Balaban J connectivity index is 2.45. The van der Waals surface area contributed by atoms with Crippen molar-refractivity contribution in [2.45, 2.75) is 6.42 Å².